The van der Waals surface area contributed by atoms with Gasteiger partial charge in [0.2, 0.25) is 11.9 Å². The lowest BCUT2D eigenvalue weighted by atomic mass is 10.0. The number of rotatable bonds is 9. The molecule has 1 saturated heterocycles. The Morgan fingerprint density at radius 2 is 1.88 bits per heavy atom. The zero-order valence-corrected chi connectivity index (χ0v) is 23.7. The molecule has 0 aliphatic carbocycles. The molecule has 10 nitrogen and oxygen atoms in total. The number of aromatic nitrogens is 3. The van der Waals surface area contributed by atoms with Crippen molar-refractivity contribution in [1.29, 1.82) is 0 Å². The van der Waals surface area contributed by atoms with E-state index in [1.807, 2.05) is 49.5 Å². The molecule has 0 unspecified atom stereocenters. The highest BCUT2D eigenvalue weighted by atomic mass is 35.5. The van der Waals surface area contributed by atoms with E-state index in [0.29, 0.717) is 54.0 Å². The van der Waals surface area contributed by atoms with Crippen LogP contribution in [-0.4, -0.2) is 77.5 Å². The molecule has 1 aliphatic rings. The van der Waals surface area contributed by atoms with E-state index in [4.69, 9.17) is 16.6 Å². The Morgan fingerprint density at radius 1 is 1.10 bits per heavy atom. The van der Waals surface area contributed by atoms with Gasteiger partial charge in [-0.3, -0.25) is 9.59 Å². The third kappa shape index (κ3) is 7.29. The summed E-state index contributed by atoms with van der Waals surface area (Å²) in [5, 5.41) is 14.2. The van der Waals surface area contributed by atoms with Gasteiger partial charge in [0.25, 0.3) is 5.91 Å². The summed E-state index contributed by atoms with van der Waals surface area (Å²) in [7, 11) is 3.87. The summed E-state index contributed by atoms with van der Waals surface area (Å²) in [6, 6.07) is 14.8. The van der Waals surface area contributed by atoms with E-state index in [1.54, 1.807) is 36.5 Å². The molecule has 41 heavy (non-hydrogen) atoms. The predicted octanol–water partition coefficient (Wildman–Crippen LogP) is 3.91. The van der Waals surface area contributed by atoms with E-state index in [2.05, 4.69) is 31.2 Å². The van der Waals surface area contributed by atoms with Gasteiger partial charge in [0.1, 0.15) is 0 Å². The van der Waals surface area contributed by atoms with Gasteiger partial charge >= 0.3 is 0 Å². The third-order valence-electron chi connectivity index (χ3n) is 6.76. The quantitative estimate of drug-likeness (QED) is 0.192. The molecule has 1 aliphatic heterocycles. The van der Waals surface area contributed by atoms with E-state index in [1.165, 1.54) is 6.08 Å². The fraction of sp³-hybridized carbons (Fsp3) is 0.267. The largest absolute Gasteiger partial charge is 0.360 e. The first-order valence-corrected chi connectivity index (χ1v) is 13.8. The van der Waals surface area contributed by atoms with Crippen LogP contribution in [-0.2, 0) is 4.79 Å². The smallest absolute Gasteiger partial charge is 0.251 e. The fourth-order valence-electron chi connectivity index (χ4n) is 4.77. The first kappa shape index (κ1) is 28.3. The van der Waals surface area contributed by atoms with Crippen molar-refractivity contribution in [2.75, 3.05) is 44.4 Å². The normalized spacial score (nSPS) is 17.2. The second-order valence-electron chi connectivity index (χ2n) is 10.3. The first-order valence-electron chi connectivity index (χ1n) is 13.4. The fourth-order valence-corrected chi connectivity index (χ4v) is 4.96. The summed E-state index contributed by atoms with van der Waals surface area (Å²) in [6.07, 6.45) is 7.50. The molecule has 11 heteroatoms. The molecule has 4 aromatic rings. The van der Waals surface area contributed by atoms with E-state index in [0.717, 1.165) is 16.5 Å². The summed E-state index contributed by atoms with van der Waals surface area (Å²) in [5.41, 5.74) is 3.72. The van der Waals surface area contributed by atoms with Crippen molar-refractivity contribution < 1.29 is 9.59 Å². The average molecular weight is 573 g/mol. The summed E-state index contributed by atoms with van der Waals surface area (Å²) in [6.45, 7) is 2.04. The second kappa shape index (κ2) is 12.9. The maximum absolute atomic E-state index is 12.9. The Hall–Kier alpha value is -4.25. The van der Waals surface area contributed by atoms with E-state index >= 15 is 0 Å². The molecule has 1 fully saturated rings. The molecule has 3 heterocycles. The summed E-state index contributed by atoms with van der Waals surface area (Å²) < 4.78 is 0. The van der Waals surface area contributed by atoms with Gasteiger partial charge in [-0.2, -0.15) is 0 Å². The number of fused-ring (bicyclic) bond motifs is 1. The molecule has 0 saturated carbocycles. The van der Waals surface area contributed by atoms with Crippen LogP contribution in [0.3, 0.4) is 0 Å². The average Bonchev–Trinajstić information content (AvgIpc) is 3.38. The predicted molar refractivity (Wildman–Crippen MR) is 163 cm³/mol. The molecule has 5 rings (SSSR count). The minimum absolute atomic E-state index is 0.00387. The number of nitrogens with zero attached hydrogens (tertiary/aromatic N) is 3. The molecule has 2 aromatic heterocycles. The topological polar surface area (TPSA) is 127 Å². The van der Waals surface area contributed by atoms with Crippen molar-refractivity contribution in [3.05, 3.63) is 83.7 Å². The highest BCUT2D eigenvalue weighted by molar-refractivity contribution is 6.33. The molecule has 0 radical (unpaired) electrons. The number of aromatic amines is 1. The Labute approximate surface area is 243 Å². The van der Waals surface area contributed by atoms with Crippen LogP contribution in [0.4, 0.5) is 11.6 Å². The van der Waals surface area contributed by atoms with Gasteiger partial charge in [-0.1, -0.05) is 35.9 Å². The SMILES string of the molecule is CN(C)C/C=C/C(=O)Nc1ccc(C(=O)N[C@H]2CNC[C@H](Nc3ncc(Cl)c(-c4c[nH]c5ccccc45)n3)C2)cc1. The number of anilines is 2. The number of halogens is 1. The molecular formula is C30H33ClN8O2. The lowest BCUT2D eigenvalue weighted by Gasteiger charge is -2.31. The minimum Gasteiger partial charge on any atom is -0.360 e. The van der Waals surface area contributed by atoms with Gasteiger partial charge in [0.05, 0.1) is 16.9 Å². The monoisotopic (exact) mass is 572 g/mol. The van der Waals surface area contributed by atoms with Crippen molar-refractivity contribution >= 4 is 46.0 Å². The molecule has 5 N–H and O–H groups in total. The van der Waals surface area contributed by atoms with Crippen LogP contribution in [0.5, 0.6) is 0 Å². The second-order valence-corrected chi connectivity index (χ2v) is 10.7. The number of hydrogen-bond acceptors (Lipinski definition) is 7. The minimum atomic E-state index is -0.214. The Kier molecular flexibility index (Phi) is 8.93. The van der Waals surface area contributed by atoms with E-state index in [-0.39, 0.29) is 23.9 Å². The standard InChI is InChI=1S/C30H33ClN8O2/c1-39(2)13-5-8-27(40)35-20-11-9-19(10-12-20)29(41)36-21-14-22(16-32-15-21)37-30-34-18-25(31)28(38-30)24-17-33-26-7-4-3-6-23(24)26/h3-12,17-18,21-22,32-33H,13-16H2,1-2H3,(H,35,40)(H,36,41)(H,34,37,38)/b8-5+/t21-,22-/m1/s1. The number of H-pyrrole nitrogens is 1. The van der Waals surface area contributed by atoms with Crippen LogP contribution in [0.2, 0.25) is 5.02 Å². The molecule has 0 spiro atoms. The first-order chi connectivity index (χ1) is 19.9. The molecule has 212 valence electrons. The van der Waals surface area contributed by atoms with Crippen LogP contribution < -0.4 is 21.3 Å². The summed E-state index contributed by atoms with van der Waals surface area (Å²) in [4.78, 5) is 39.3. The highest BCUT2D eigenvalue weighted by Crippen LogP contribution is 2.32. The molecule has 0 bridgehead atoms. The van der Waals surface area contributed by atoms with Crippen molar-refractivity contribution in [2.45, 2.75) is 18.5 Å². The molecular weight excluding hydrogens is 540 g/mol. The van der Waals surface area contributed by atoms with Crippen molar-refractivity contribution in [1.82, 2.24) is 30.5 Å². The molecule has 2 atom stereocenters. The maximum atomic E-state index is 12.9. The van der Waals surface area contributed by atoms with Gasteiger partial charge in [0.15, 0.2) is 0 Å². The summed E-state index contributed by atoms with van der Waals surface area (Å²) >= 11 is 6.48. The summed E-state index contributed by atoms with van der Waals surface area (Å²) in [5.74, 6) is 0.0855. The number of hydrogen-bond donors (Lipinski definition) is 5. The number of carbonyl (C=O) groups excluding carboxylic acids is 2. The number of likely N-dealkylation sites (N-methyl/N-ethyl adjacent to an activating group) is 1. The maximum Gasteiger partial charge on any atom is 0.251 e. The highest BCUT2D eigenvalue weighted by Gasteiger charge is 2.24. The number of benzene rings is 2. The van der Waals surface area contributed by atoms with Crippen LogP contribution in [0.1, 0.15) is 16.8 Å². The zero-order valence-electron chi connectivity index (χ0n) is 22.9. The number of amides is 2. The number of piperidine rings is 1. The van der Waals surface area contributed by atoms with Crippen LogP contribution in [0.15, 0.2) is 73.1 Å². The van der Waals surface area contributed by atoms with Gasteiger partial charge < -0.3 is 31.2 Å². The lowest BCUT2D eigenvalue weighted by molar-refractivity contribution is -0.111. The number of nitrogens with one attached hydrogen (secondary N) is 5. The lowest BCUT2D eigenvalue weighted by Crippen LogP contribution is -2.52. The molecule has 2 aromatic carbocycles. The van der Waals surface area contributed by atoms with Crippen LogP contribution >= 0.6 is 11.6 Å². The van der Waals surface area contributed by atoms with Crippen molar-refractivity contribution in [3.63, 3.8) is 0 Å². The van der Waals surface area contributed by atoms with E-state index < -0.39 is 0 Å². The van der Waals surface area contributed by atoms with Crippen molar-refractivity contribution in [3.8, 4) is 11.3 Å². The van der Waals surface area contributed by atoms with Gasteiger partial charge in [0, 0.05) is 71.7 Å². The van der Waals surface area contributed by atoms with Gasteiger partial charge in [-0.25, -0.2) is 9.97 Å². The van der Waals surface area contributed by atoms with Crippen LogP contribution in [0, 0.1) is 0 Å². The van der Waals surface area contributed by atoms with Gasteiger partial charge in [-0.05, 0) is 50.8 Å². The van der Waals surface area contributed by atoms with Crippen LogP contribution in [0.25, 0.3) is 22.2 Å². The van der Waals surface area contributed by atoms with E-state index in [9.17, 15) is 9.59 Å². The molecule has 2 amide bonds. The zero-order chi connectivity index (χ0) is 28.8. The number of para-hydroxylation sites is 1. The van der Waals surface area contributed by atoms with Gasteiger partial charge in [-0.15, -0.1) is 0 Å². The Morgan fingerprint density at radius 3 is 2.68 bits per heavy atom. The third-order valence-corrected chi connectivity index (χ3v) is 7.04. The number of carbonyl (C=O) groups is 2. The van der Waals surface area contributed by atoms with Crippen molar-refractivity contribution in [2.24, 2.45) is 0 Å². The Bertz CT molecular complexity index is 1550. The Balaban J connectivity index is 1.17.